The smallest absolute Gasteiger partial charge is 0.416 e. The highest BCUT2D eigenvalue weighted by Gasteiger charge is 2.30. The fraction of sp³-hybridized carbons (Fsp3) is 0.300. The summed E-state index contributed by atoms with van der Waals surface area (Å²) in [6.45, 7) is -0.903. The Bertz CT molecular complexity index is 863. The molecule has 1 amide bonds. The molecule has 5 nitrogen and oxygen atoms in total. The Morgan fingerprint density at radius 3 is 2.39 bits per heavy atom. The molecule has 0 aromatic heterocycles. The molecule has 0 bridgehead atoms. The third-order valence-electron chi connectivity index (χ3n) is 4.29. The maximum atomic E-state index is 12.5. The average molecular weight is 393 g/mol. The van der Waals surface area contributed by atoms with Crippen molar-refractivity contribution in [3.63, 3.8) is 0 Å². The van der Waals surface area contributed by atoms with Crippen molar-refractivity contribution in [2.45, 2.75) is 25.4 Å². The lowest BCUT2D eigenvalue weighted by molar-refractivity contribution is -0.149. The fourth-order valence-electron chi connectivity index (χ4n) is 2.91. The average Bonchev–Trinajstić information content (AvgIpc) is 3.12. The summed E-state index contributed by atoms with van der Waals surface area (Å²) in [6, 6.07) is 9.61. The number of anilines is 1. The van der Waals surface area contributed by atoms with Gasteiger partial charge >= 0.3 is 12.1 Å². The minimum Gasteiger partial charge on any atom is -0.482 e. The second-order valence-corrected chi connectivity index (χ2v) is 6.36. The number of esters is 1. The molecule has 1 aliphatic rings. The van der Waals surface area contributed by atoms with Crippen LogP contribution in [0.5, 0.6) is 5.75 Å². The first kappa shape index (κ1) is 19.7. The molecular formula is C20H18F3NO4. The summed E-state index contributed by atoms with van der Waals surface area (Å²) in [5, 5.41) is 2.35. The number of fused-ring (bicyclic) bond motifs is 1. The third kappa shape index (κ3) is 5.25. The van der Waals surface area contributed by atoms with Crippen LogP contribution in [-0.4, -0.2) is 25.1 Å². The van der Waals surface area contributed by atoms with Crippen LogP contribution in [0.3, 0.4) is 0 Å². The number of amides is 1. The summed E-state index contributed by atoms with van der Waals surface area (Å²) in [7, 11) is 0. The number of ether oxygens (including phenoxy) is 2. The van der Waals surface area contributed by atoms with Crippen molar-refractivity contribution >= 4 is 17.6 Å². The number of aryl methyl sites for hydroxylation is 2. The second-order valence-electron chi connectivity index (χ2n) is 6.36. The van der Waals surface area contributed by atoms with Gasteiger partial charge < -0.3 is 14.8 Å². The number of carbonyl (C=O) groups is 2. The standard InChI is InChI=1S/C20H18F3NO4/c21-20(22,23)15-5-7-16(8-6-15)24-18(25)11-28-19(26)12-27-17-9-4-13-2-1-3-14(13)10-17/h4-10H,1-3,11-12H2,(H,24,25). The molecule has 0 unspecified atom stereocenters. The second kappa shape index (κ2) is 8.33. The molecule has 0 saturated carbocycles. The SMILES string of the molecule is O=C(COC(=O)COc1ccc2c(c1)CCC2)Nc1ccc(C(F)(F)F)cc1. The zero-order valence-electron chi connectivity index (χ0n) is 14.8. The van der Waals surface area contributed by atoms with Gasteiger partial charge in [-0.1, -0.05) is 6.07 Å². The molecule has 0 saturated heterocycles. The van der Waals surface area contributed by atoms with Crippen molar-refractivity contribution < 1.29 is 32.2 Å². The molecule has 0 aliphatic heterocycles. The summed E-state index contributed by atoms with van der Waals surface area (Å²) in [5.41, 5.74) is 1.85. The summed E-state index contributed by atoms with van der Waals surface area (Å²) >= 11 is 0. The molecule has 0 radical (unpaired) electrons. The minimum absolute atomic E-state index is 0.170. The lowest BCUT2D eigenvalue weighted by Crippen LogP contribution is -2.23. The first-order chi connectivity index (χ1) is 13.3. The van der Waals surface area contributed by atoms with Gasteiger partial charge in [-0.25, -0.2) is 4.79 Å². The predicted octanol–water partition coefficient (Wildman–Crippen LogP) is 3.75. The van der Waals surface area contributed by atoms with Crippen LogP contribution in [0.15, 0.2) is 42.5 Å². The molecule has 8 heteroatoms. The number of rotatable bonds is 6. The Balaban J connectivity index is 1.41. The summed E-state index contributed by atoms with van der Waals surface area (Å²) < 4.78 is 47.7. The first-order valence-electron chi connectivity index (χ1n) is 8.68. The van der Waals surface area contributed by atoms with E-state index in [1.807, 2.05) is 12.1 Å². The van der Waals surface area contributed by atoms with Gasteiger partial charge in [-0.05, 0) is 66.8 Å². The lowest BCUT2D eigenvalue weighted by Gasteiger charge is -2.10. The van der Waals surface area contributed by atoms with Crippen molar-refractivity contribution in [3.8, 4) is 5.75 Å². The minimum atomic E-state index is -4.45. The highest BCUT2D eigenvalue weighted by molar-refractivity contribution is 5.92. The molecule has 3 rings (SSSR count). The summed E-state index contributed by atoms with van der Waals surface area (Å²) in [4.78, 5) is 23.5. The van der Waals surface area contributed by atoms with Crippen LogP contribution in [0, 0.1) is 0 Å². The van der Waals surface area contributed by atoms with Crippen LogP contribution in [0.1, 0.15) is 23.1 Å². The van der Waals surface area contributed by atoms with E-state index < -0.39 is 30.2 Å². The molecule has 0 heterocycles. The van der Waals surface area contributed by atoms with Gasteiger partial charge in [-0.3, -0.25) is 4.79 Å². The summed E-state index contributed by atoms with van der Waals surface area (Å²) in [5.74, 6) is -0.819. The Hall–Kier alpha value is -3.03. The Labute approximate surface area is 159 Å². The number of benzene rings is 2. The number of hydrogen-bond acceptors (Lipinski definition) is 4. The van der Waals surface area contributed by atoms with Gasteiger partial charge in [-0.15, -0.1) is 0 Å². The van der Waals surface area contributed by atoms with E-state index in [-0.39, 0.29) is 12.3 Å². The molecule has 28 heavy (non-hydrogen) atoms. The lowest BCUT2D eigenvalue weighted by atomic mass is 10.1. The zero-order valence-corrected chi connectivity index (χ0v) is 14.8. The van der Waals surface area contributed by atoms with E-state index >= 15 is 0 Å². The molecule has 1 N–H and O–H groups in total. The fourth-order valence-corrected chi connectivity index (χ4v) is 2.91. The normalized spacial score (nSPS) is 13.0. The predicted molar refractivity (Wildman–Crippen MR) is 95.0 cm³/mol. The number of hydrogen-bond donors (Lipinski definition) is 1. The number of nitrogens with one attached hydrogen (secondary N) is 1. The molecular weight excluding hydrogens is 375 g/mol. The highest BCUT2D eigenvalue weighted by atomic mass is 19.4. The van der Waals surface area contributed by atoms with E-state index in [1.54, 1.807) is 6.07 Å². The quantitative estimate of drug-likeness (QED) is 0.760. The molecule has 1 aliphatic carbocycles. The van der Waals surface area contributed by atoms with Gasteiger partial charge in [0.15, 0.2) is 13.2 Å². The third-order valence-corrected chi connectivity index (χ3v) is 4.29. The molecule has 2 aromatic rings. The highest BCUT2D eigenvalue weighted by Crippen LogP contribution is 2.29. The van der Waals surface area contributed by atoms with E-state index in [9.17, 15) is 22.8 Å². The van der Waals surface area contributed by atoms with Crippen LogP contribution < -0.4 is 10.1 Å². The molecule has 148 valence electrons. The van der Waals surface area contributed by atoms with E-state index in [2.05, 4.69) is 5.32 Å². The maximum Gasteiger partial charge on any atom is 0.416 e. The molecule has 2 aromatic carbocycles. The van der Waals surface area contributed by atoms with Crippen LogP contribution in [0.4, 0.5) is 18.9 Å². The first-order valence-corrected chi connectivity index (χ1v) is 8.68. The number of carbonyl (C=O) groups excluding carboxylic acids is 2. The van der Waals surface area contributed by atoms with Crippen molar-refractivity contribution in [3.05, 3.63) is 59.2 Å². The van der Waals surface area contributed by atoms with Crippen molar-refractivity contribution in [1.29, 1.82) is 0 Å². The topological polar surface area (TPSA) is 64.6 Å². The van der Waals surface area contributed by atoms with Crippen LogP contribution in [0.2, 0.25) is 0 Å². The van der Waals surface area contributed by atoms with Crippen LogP contribution in [0.25, 0.3) is 0 Å². The maximum absolute atomic E-state index is 12.5. The van der Waals surface area contributed by atoms with Gasteiger partial charge in [0.2, 0.25) is 0 Å². The summed E-state index contributed by atoms with van der Waals surface area (Å²) in [6.07, 6.45) is -1.31. The van der Waals surface area contributed by atoms with E-state index in [4.69, 9.17) is 9.47 Å². The van der Waals surface area contributed by atoms with Gasteiger partial charge in [0.25, 0.3) is 5.91 Å². The largest absolute Gasteiger partial charge is 0.482 e. The zero-order chi connectivity index (χ0) is 20.1. The van der Waals surface area contributed by atoms with Crippen LogP contribution >= 0.6 is 0 Å². The molecule has 0 spiro atoms. The monoisotopic (exact) mass is 393 g/mol. The van der Waals surface area contributed by atoms with E-state index in [0.29, 0.717) is 5.75 Å². The van der Waals surface area contributed by atoms with Gasteiger partial charge in [-0.2, -0.15) is 13.2 Å². The van der Waals surface area contributed by atoms with Gasteiger partial charge in [0.1, 0.15) is 5.75 Å². The number of halogens is 3. The Morgan fingerprint density at radius 1 is 0.964 bits per heavy atom. The van der Waals surface area contributed by atoms with Crippen molar-refractivity contribution in [2.75, 3.05) is 18.5 Å². The Morgan fingerprint density at radius 2 is 1.68 bits per heavy atom. The molecule has 0 atom stereocenters. The Kier molecular flexibility index (Phi) is 5.87. The van der Waals surface area contributed by atoms with E-state index in [0.717, 1.165) is 43.5 Å². The van der Waals surface area contributed by atoms with Crippen LogP contribution in [-0.2, 0) is 33.3 Å². The van der Waals surface area contributed by atoms with Gasteiger partial charge in [0.05, 0.1) is 5.56 Å². The van der Waals surface area contributed by atoms with Crippen molar-refractivity contribution in [1.82, 2.24) is 0 Å². The van der Waals surface area contributed by atoms with Crippen molar-refractivity contribution in [2.24, 2.45) is 0 Å². The molecule has 0 fully saturated rings. The van der Waals surface area contributed by atoms with Gasteiger partial charge in [0, 0.05) is 5.69 Å². The van der Waals surface area contributed by atoms with E-state index in [1.165, 1.54) is 11.1 Å². The number of alkyl halides is 3.